The predicted molar refractivity (Wildman–Crippen MR) is 49.6 cm³/mol. The molecule has 0 radical (unpaired) electrons. The molecule has 1 heterocycles. The second kappa shape index (κ2) is 4.61. The first-order valence-electron chi connectivity index (χ1n) is 3.63. The Morgan fingerprint density at radius 3 is 2.85 bits per heavy atom. The van der Waals surface area contributed by atoms with E-state index >= 15 is 0 Å². The molecule has 0 saturated heterocycles. The molecule has 13 heavy (non-hydrogen) atoms. The maximum Gasteiger partial charge on any atom is 0.322 e. The Bertz CT molecular complexity index is 284. The van der Waals surface area contributed by atoms with Crippen molar-refractivity contribution in [3.05, 3.63) is 17.9 Å². The van der Waals surface area contributed by atoms with Crippen LogP contribution in [0.5, 0.6) is 6.01 Å². The van der Waals surface area contributed by atoms with E-state index in [1.54, 1.807) is 6.08 Å². The molecule has 1 aromatic heterocycles. The molecule has 0 spiro atoms. The van der Waals surface area contributed by atoms with Crippen molar-refractivity contribution >= 4 is 17.5 Å². The summed E-state index contributed by atoms with van der Waals surface area (Å²) < 4.78 is 5.11. The van der Waals surface area contributed by atoms with Crippen LogP contribution in [-0.2, 0) is 0 Å². The van der Waals surface area contributed by atoms with Crippen LogP contribution in [0.4, 0.5) is 5.95 Å². The second-order valence-corrected chi connectivity index (χ2v) is 2.51. The van der Waals surface area contributed by atoms with Crippen LogP contribution in [0.2, 0.25) is 5.28 Å². The van der Waals surface area contributed by atoms with Gasteiger partial charge in [-0.2, -0.15) is 15.0 Å². The fourth-order valence-electron chi connectivity index (χ4n) is 0.645. The van der Waals surface area contributed by atoms with Crippen LogP contribution in [0, 0.1) is 0 Å². The monoisotopic (exact) mass is 200 g/mol. The van der Waals surface area contributed by atoms with Gasteiger partial charge in [0.15, 0.2) is 0 Å². The highest BCUT2D eigenvalue weighted by atomic mass is 35.5. The highest BCUT2D eigenvalue weighted by Crippen LogP contribution is 2.08. The van der Waals surface area contributed by atoms with Gasteiger partial charge in [0, 0.05) is 0 Å². The highest BCUT2D eigenvalue weighted by molar-refractivity contribution is 6.28. The van der Waals surface area contributed by atoms with Crippen LogP contribution in [0.3, 0.4) is 0 Å². The van der Waals surface area contributed by atoms with Crippen LogP contribution in [0.15, 0.2) is 12.7 Å². The summed E-state index contributed by atoms with van der Waals surface area (Å²) in [6.07, 6.45) is 2.44. The maximum absolute atomic E-state index is 5.52. The van der Waals surface area contributed by atoms with E-state index in [1.807, 2.05) is 0 Å². The van der Waals surface area contributed by atoms with E-state index in [9.17, 15) is 0 Å². The lowest BCUT2D eigenvalue weighted by atomic mass is 10.5. The number of halogens is 1. The quantitative estimate of drug-likeness (QED) is 0.581. The van der Waals surface area contributed by atoms with E-state index in [0.717, 1.165) is 0 Å². The fourth-order valence-corrected chi connectivity index (χ4v) is 0.803. The number of anilines is 1. The van der Waals surface area contributed by atoms with Gasteiger partial charge in [-0.05, 0) is 18.0 Å². The first-order chi connectivity index (χ1) is 6.22. The van der Waals surface area contributed by atoms with Gasteiger partial charge < -0.3 is 10.5 Å². The topological polar surface area (TPSA) is 73.9 Å². The van der Waals surface area contributed by atoms with Gasteiger partial charge in [0.2, 0.25) is 11.2 Å². The Balaban J connectivity index is 2.60. The van der Waals surface area contributed by atoms with Crippen molar-refractivity contribution in [2.75, 3.05) is 12.3 Å². The molecular weight excluding hydrogens is 192 g/mol. The van der Waals surface area contributed by atoms with Gasteiger partial charge in [-0.1, -0.05) is 6.08 Å². The van der Waals surface area contributed by atoms with Crippen molar-refractivity contribution in [1.29, 1.82) is 0 Å². The summed E-state index contributed by atoms with van der Waals surface area (Å²) in [4.78, 5) is 11.0. The van der Waals surface area contributed by atoms with E-state index in [-0.39, 0.29) is 17.2 Å². The smallest absolute Gasteiger partial charge is 0.322 e. The number of nitrogen functional groups attached to an aromatic ring is 1. The fraction of sp³-hybridized carbons (Fsp3) is 0.286. The zero-order chi connectivity index (χ0) is 9.68. The summed E-state index contributed by atoms with van der Waals surface area (Å²) in [5, 5.41) is 0.0288. The lowest BCUT2D eigenvalue weighted by Gasteiger charge is -2.01. The zero-order valence-corrected chi connectivity index (χ0v) is 7.66. The lowest BCUT2D eigenvalue weighted by molar-refractivity contribution is 0.298. The molecule has 5 nitrogen and oxygen atoms in total. The lowest BCUT2D eigenvalue weighted by Crippen LogP contribution is -2.04. The van der Waals surface area contributed by atoms with Crippen molar-refractivity contribution in [2.45, 2.75) is 6.42 Å². The largest absolute Gasteiger partial charge is 0.463 e. The molecule has 0 saturated carbocycles. The first-order valence-corrected chi connectivity index (χ1v) is 4.01. The molecule has 0 aliphatic carbocycles. The number of aromatic nitrogens is 3. The Kier molecular flexibility index (Phi) is 3.45. The highest BCUT2D eigenvalue weighted by Gasteiger charge is 2.01. The Hall–Kier alpha value is -1.36. The molecule has 6 heteroatoms. The van der Waals surface area contributed by atoms with Gasteiger partial charge in [0.25, 0.3) is 0 Å². The SMILES string of the molecule is C=CCCOc1nc(N)nc(Cl)n1. The third-order valence-electron chi connectivity index (χ3n) is 1.16. The van der Waals surface area contributed by atoms with Crippen molar-refractivity contribution in [3.8, 4) is 6.01 Å². The third-order valence-corrected chi connectivity index (χ3v) is 1.33. The van der Waals surface area contributed by atoms with E-state index in [0.29, 0.717) is 13.0 Å². The van der Waals surface area contributed by atoms with Gasteiger partial charge in [-0.25, -0.2) is 0 Å². The molecule has 0 fully saturated rings. The normalized spacial score (nSPS) is 9.62. The molecule has 0 aromatic carbocycles. The van der Waals surface area contributed by atoms with E-state index in [1.165, 1.54) is 0 Å². The number of hydrogen-bond acceptors (Lipinski definition) is 5. The summed E-state index contributed by atoms with van der Waals surface area (Å²) in [7, 11) is 0. The van der Waals surface area contributed by atoms with Crippen molar-refractivity contribution in [2.24, 2.45) is 0 Å². The van der Waals surface area contributed by atoms with Gasteiger partial charge in [-0.3, -0.25) is 0 Å². The van der Waals surface area contributed by atoms with Crippen LogP contribution >= 0.6 is 11.6 Å². The minimum absolute atomic E-state index is 0.0288. The van der Waals surface area contributed by atoms with Gasteiger partial charge >= 0.3 is 6.01 Å². The van der Waals surface area contributed by atoms with Crippen molar-refractivity contribution in [1.82, 2.24) is 15.0 Å². The molecule has 70 valence electrons. The number of nitrogens with two attached hydrogens (primary N) is 1. The molecule has 0 atom stereocenters. The molecule has 0 aliphatic heterocycles. The van der Waals surface area contributed by atoms with Gasteiger partial charge in [0.05, 0.1) is 6.61 Å². The molecule has 1 aromatic rings. The van der Waals surface area contributed by atoms with Crippen LogP contribution in [0.25, 0.3) is 0 Å². The van der Waals surface area contributed by atoms with Crippen LogP contribution < -0.4 is 10.5 Å². The Labute approximate surface area is 80.6 Å². The van der Waals surface area contributed by atoms with E-state index in [2.05, 4.69) is 21.5 Å². The standard InChI is InChI=1S/C7H9ClN4O/c1-2-3-4-13-7-11-5(8)10-6(9)12-7/h2H,1,3-4H2,(H2,9,10,11,12). The molecule has 0 bridgehead atoms. The summed E-state index contributed by atoms with van der Waals surface area (Å²) in [5.41, 5.74) is 5.32. The Morgan fingerprint density at radius 2 is 2.23 bits per heavy atom. The maximum atomic E-state index is 5.52. The minimum Gasteiger partial charge on any atom is -0.463 e. The molecule has 0 amide bonds. The van der Waals surface area contributed by atoms with Crippen LogP contribution in [-0.4, -0.2) is 21.6 Å². The molecule has 2 N–H and O–H groups in total. The minimum atomic E-state index is 0.0288. The van der Waals surface area contributed by atoms with Gasteiger partial charge in [0.1, 0.15) is 0 Å². The van der Waals surface area contributed by atoms with E-state index < -0.39 is 0 Å². The number of rotatable bonds is 4. The summed E-state index contributed by atoms with van der Waals surface area (Å²) in [6.45, 7) is 3.99. The number of nitrogens with zero attached hydrogens (tertiary/aromatic N) is 3. The predicted octanol–water partition coefficient (Wildman–Crippen LogP) is 1.06. The number of ether oxygens (including phenoxy) is 1. The summed E-state index contributed by atoms with van der Waals surface area (Å²) in [6, 6.07) is 0.138. The average molecular weight is 201 g/mol. The van der Waals surface area contributed by atoms with Gasteiger partial charge in [-0.15, -0.1) is 6.58 Å². The Morgan fingerprint density at radius 1 is 1.46 bits per heavy atom. The zero-order valence-electron chi connectivity index (χ0n) is 6.90. The van der Waals surface area contributed by atoms with Crippen molar-refractivity contribution < 1.29 is 4.74 Å². The molecule has 0 unspecified atom stereocenters. The number of hydrogen-bond donors (Lipinski definition) is 1. The summed E-state index contributed by atoms with van der Waals surface area (Å²) in [5.74, 6) is 0.0496. The first kappa shape index (κ1) is 9.73. The molecule has 1 rings (SSSR count). The summed E-state index contributed by atoms with van der Waals surface area (Å²) >= 11 is 5.52. The molecular formula is C7H9ClN4O. The average Bonchev–Trinajstić information content (AvgIpc) is 2.03. The second-order valence-electron chi connectivity index (χ2n) is 2.17. The third kappa shape index (κ3) is 3.25. The van der Waals surface area contributed by atoms with E-state index in [4.69, 9.17) is 22.1 Å². The molecule has 0 aliphatic rings. The van der Waals surface area contributed by atoms with Crippen LogP contribution in [0.1, 0.15) is 6.42 Å². The van der Waals surface area contributed by atoms with Crippen molar-refractivity contribution in [3.63, 3.8) is 0 Å².